The Balaban J connectivity index is 2.76. The largest absolute Gasteiger partial charge is 0.382 e. The maximum absolute atomic E-state index is 8.84. The molecule has 0 aliphatic rings. The third-order valence-corrected chi connectivity index (χ3v) is 3.69. The van der Waals surface area contributed by atoms with Crippen LogP contribution in [0.5, 0.6) is 0 Å². The predicted molar refractivity (Wildman–Crippen MR) is 72.5 cm³/mol. The molecule has 0 radical (unpaired) electrons. The van der Waals surface area contributed by atoms with Crippen molar-refractivity contribution < 1.29 is 0 Å². The summed E-state index contributed by atoms with van der Waals surface area (Å²) in [4.78, 5) is 0. The fourth-order valence-corrected chi connectivity index (χ4v) is 2.38. The van der Waals surface area contributed by atoms with Gasteiger partial charge in [0.1, 0.15) is 23.1 Å². The van der Waals surface area contributed by atoms with Crippen LogP contribution in [0.3, 0.4) is 0 Å². The number of aromatic nitrogens is 2. The van der Waals surface area contributed by atoms with Gasteiger partial charge in [-0.2, -0.15) is 10.4 Å². The quantitative estimate of drug-likeness (QED) is 0.818. The highest BCUT2D eigenvalue weighted by molar-refractivity contribution is 6.45. The zero-order valence-corrected chi connectivity index (χ0v) is 11.5. The van der Waals surface area contributed by atoms with Crippen molar-refractivity contribution >= 4 is 40.6 Å². The normalized spacial score (nSPS) is 10.4. The maximum Gasteiger partial charge on any atom is 0.145 e. The van der Waals surface area contributed by atoms with Gasteiger partial charge in [0.05, 0.1) is 21.3 Å². The van der Waals surface area contributed by atoms with Gasteiger partial charge in [-0.15, -0.1) is 0 Å². The standard InChI is InChI=1S/C11H7Cl3N4/c1-5-2-7(12)10(9(14)8(5)13)18-11(16)6(3-15)4-17-18/h2,4H,16H2,1H3. The van der Waals surface area contributed by atoms with Gasteiger partial charge in [-0.1, -0.05) is 34.8 Å². The van der Waals surface area contributed by atoms with E-state index in [0.29, 0.717) is 15.7 Å². The Hall–Kier alpha value is -1.41. The van der Waals surface area contributed by atoms with E-state index in [1.807, 2.05) is 6.07 Å². The number of rotatable bonds is 1. The number of halogens is 3. The number of nitrogens with zero attached hydrogens (tertiary/aromatic N) is 3. The van der Waals surface area contributed by atoms with Gasteiger partial charge in [-0.3, -0.25) is 0 Å². The number of nitrogen functional groups attached to an aromatic ring is 1. The number of hydrogen-bond acceptors (Lipinski definition) is 3. The molecule has 0 saturated carbocycles. The molecule has 4 nitrogen and oxygen atoms in total. The lowest BCUT2D eigenvalue weighted by Crippen LogP contribution is -2.04. The molecule has 2 N–H and O–H groups in total. The molecule has 0 fully saturated rings. The third kappa shape index (κ3) is 1.91. The van der Waals surface area contributed by atoms with Crippen molar-refractivity contribution in [2.45, 2.75) is 6.92 Å². The summed E-state index contributed by atoms with van der Waals surface area (Å²) in [6.07, 6.45) is 1.34. The molecule has 0 spiro atoms. The summed E-state index contributed by atoms with van der Waals surface area (Å²) in [6, 6.07) is 3.59. The van der Waals surface area contributed by atoms with Crippen LogP contribution >= 0.6 is 34.8 Å². The first kappa shape index (κ1) is 13.0. The van der Waals surface area contributed by atoms with Crippen LogP contribution in [0.4, 0.5) is 5.82 Å². The molecule has 18 heavy (non-hydrogen) atoms. The lowest BCUT2D eigenvalue weighted by molar-refractivity contribution is 0.891. The molecule has 0 saturated heterocycles. The van der Waals surface area contributed by atoms with E-state index < -0.39 is 0 Å². The molecule has 0 aliphatic heterocycles. The zero-order valence-electron chi connectivity index (χ0n) is 9.21. The highest BCUT2D eigenvalue weighted by Gasteiger charge is 2.18. The Morgan fingerprint density at radius 1 is 1.33 bits per heavy atom. The van der Waals surface area contributed by atoms with Crippen LogP contribution in [0, 0.1) is 18.3 Å². The average Bonchev–Trinajstić information content (AvgIpc) is 2.68. The first-order valence-corrected chi connectivity index (χ1v) is 5.98. The Labute approximate surface area is 118 Å². The molecule has 1 aromatic heterocycles. The lowest BCUT2D eigenvalue weighted by Gasteiger charge is -2.12. The molecule has 0 bridgehead atoms. The second-order valence-electron chi connectivity index (χ2n) is 3.62. The Morgan fingerprint density at radius 2 is 2.00 bits per heavy atom. The van der Waals surface area contributed by atoms with E-state index in [0.717, 1.165) is 5.56 Å². The molecule has 0 atom stereocenters. The van der Waals surface area contributed by atoms with Crippen molar-refractivity contribution in [3.05, 3.63) is 38.5 Å². The van der Waals surface area contributed by atoms with Crippen molar-refractivity contribution in [1.82, 2.24) is 9.78 Å². The minimum absolute atomic E-state index is 0.168. The highest BCUT2D eigenvalue weighted by atomic mass is 35.5. The number of nitriles is 1. The van der Waals surface area contributed by atoms with Gasteiger partial charge in [0.15, 0.2) is 0 Å². The monoisotopic (exact) mass is 300 g/mol. The smallest absolute Gasteiger partial charge is 0.145 e. The molecule has 7 heteroatoms. The molecular weight excluding hydrogens is 295 g/mol. The van der Waals surface area contributed by atoms with Gasteiger partial charge in [0.25, 0.3) is 0 Å². The van der Waals surface area contributed by atoms with Gasteiger partial charge in [-0.05, 0) is 18.6 Å². The van der Waals surface area contributed by atoms with Crippen molar-refractivity contribution in [1.29, 1.82) is 5.26 Å². The van der Waals surface area contributed by atoms with Crippen LogP contribution in [0.25, 0.3) is 5.69 Å². The number of anilines is 1. The van der Waals surface area contributed by atoms with Gasteiger partial charge in [0, 0.05) is 0 Å². The number of benzene rings is 1. The summed E-state index contributed by atoms with van der Waals surface area (Å²) in [7, 11) is 0. The Morgan fingerprint density at radius 3 is 2.56 bits per heavy atom. The van der Waals surface area contributed by atoms with Crippen molar-refractivity contribution in [2.24, 2.45) is 0 Å². The summed E-state index contributed by atoms with van der Waals surface area (Å²) in [5.74, 6) is 0.168. The molecule has 92 valence electrons. The molecule has 0 aliphatic carbocycles. The summed E-state index contributed by atoms with van der Waals surface area (Å²) in [5, 5.41) is 13.8. The molecule has 2 rings (SSSR count). The van der Waals surface area contributed by atoms with E-state index in [-0.39, 0.29) is 16.4 Å². The van der Waals surface area contributed by atoms with Gasteiger partial charge < -0.3 is 5.73 Å². The van der Waals surface area contributed by atoms with E-state index in [1.54, 1.807) is 13.0 Å². The van der Waals surface area contributed by atoms with E-state index in [4.69, 9.17) is 45.8 Å². The van der Waals surface area contributed by atoms with Crippen LogP contribution in [-0.2, 0) is 0 Å². The average molecular weight is 302 g/mol. The second kappa shape index (κ2) is 4.69. The summed E-state index contributed by atoms with van der Waals surface area (Å²) < 4.78 is 1.30. The minimum atomic E-state index is 0.168. The molecule has 1 aromatic carbocycles. The zero-order chi connectivity index (χ0) is 13.4. The SMILES string of the molecule is Cc1cc(Cl)c(-n2ncc(C#N)c2N)c(Cl)c1Cl. The van der Waals surface area contributed by atoms with Crippen LogP contribution in [0.2, 0.25) is 15.1 Å². The Bertz CT molecular complexity index is 670. The van der Waals surface area contributed by atoms with Crippen molar-refractivity contribution in [2.75, 3.05) is 5.73 Å². The third-order valence-electron chi connectivity index (χ3n) is 2.45. The lowest BCUT2D eigenvalue weighted by atomic mass is 10.2. The first-order valence-electron chi connectivity index (χ1n) is 4.85. The predicted octanol–water partition coefficient (Wildman–Crippen LogP) is 3.59. The minimum Gasteiger partial charge on any atom is -0.382 e. The molecule has 0 unspecified atom stereocenters. The summed E-state index contributed by atoms with van der Waals surface area (Å²) in [5.41, 5.74) is 7.16. The number of aryl methyl sites for hydroxylation is 1. The summed E-state index contributed by atoms with van der Waals surface area (Å²) in [6.45, 7) is 1.79. The topological polar surface area (TPSA) is 67.6 Å². The highest BCUT2D eigenvalue weighted by Crippen LogP contribution is 2.37. The van der Waals surface area contributed by atoms with E-state index >= 15 is 0 Å². The number of hydrogen-bond donors (Lipinski definition) is 1. The maximum atomic E-state index is 8.84. The summed E-state index contributed by atoms with van der Waals surface area (Å²) >= 11 is 18.3. The Kier molecular flexibility index (Phi) is 3.40. The van der Waals surface area contributed by atoms with Crippen LogP contribution in [0.15, 0.2) is 12.3 Å². The van der Waals surface area contributed by atoms with E-state index in [9.17, 15) is 0 Å². The van der Waals surface area contributed by atoms with Gasteiger partial charge in [0.2, 0.25) is 0 Å². The van der Waals surface area contributed by atoms with E-state index in [1.165, 1.54) is 10.9 Å². The number of nitrogens with two attached hydrogens (primary N) is 1. The first-order chi connectivity index (χ1) is 8.47. The van der Waals surface area contributed by atoms with Gasteiger partial charge in [-0.25, -0.2) is 4.68 Å². The van der Waals surface area contributed by atoms with Crippen LogP contribution in [0.1, 0.15) is 11.1 Å². The van der Waals surface area contributed by atoms with Crippen LogP contribution in [-0.4, -0.2) is 9.78 Å². The fourth-order valence-electron chi connectivity index (χ4n) is 1.52. The van der Waals surface area contributed by atoms with Gasteiger partial charge >= 0.3 is 0 Å². The second-order valence-corrected chi connectivity index (χ2v) is 4.78. The van der Waals surface area contributed by atoms with Crippen LogP contribution < -0.4 is 5.73 Å². The van der Waals surface area contributed by atoms with E-state index in [2.05, 4.69) is 5.10 Å². The molecule has 2 aromatic rings. The molecule has 0 amide bonds. The van der Waals surface area contributed by atoms with Crippen molar-refractivity contribution in [3.8, 4) is 11.8 Å². The van der Waals surface area contributed by atoms with Crippen molar-refractivity contribution in [3.63, 3.8) is 0 Å². The molecule has 1 heterocycles. The fraction of sp³-hybridized carbons (Fsp3) is 0.0909. The molecular formula is C11H7Cl3N4.